The smallest absolute Gasteiger partial charge is 0.227 e. The van der Waals surface area contributed by atoms with Gasteiger partial charge in [-0.15, -0.1) is 0 Å². The Morgan fingerprint density at radius 2 is 2.31 bits per heavy atom. The second-order valence-corrected chi connectivity index (χ2v) is 4.14. The third-order valence-electron chi connectivity index (χ3n) is 2.99. The van der Waals surface area contributed by atoms with E-state index in [9.17, 15) is 0 Å². The van der Waals surface area contributed by atoms with Crippen LogP contribution in [0.3, 0.4) is 0 Å². The zero-order valence-corrected chi connectivity index (χ0v) is 9.34. The summed E-state index contributed by atoms with van der Waals surface area (Å²) in [6.45, 7) is 0.996. The molecule has 1 saturated carbocycles. The van der Waals surface area contributed by atoms with Gasteiger partial charge < -0.3 is 15.7 Å². The normalized spacial score (nSPS) is 15.8. The number of anilines is 2. The maximum Gasteiger partial charge on any atom is 0.227 e. The highest BCUT2D eigenvalue weighted by molar-refractivity contribution is 5.39. The van der Waals surface area contributed by atoms with Gasteiger partial charge in [-0.3, -0.25) is 0 Å². The van der Waals surface area contributed by atoms with Gasteiger partial charge in [0.2, 0.25) is 5.95 Å². The molecule has 0 aliphatic heterocycles. The van der Waals surface area contributed by atoms with Crippen molar-refractivity contribution in [3.8, 4) is 0 Å². The summed E-state index contributed by atoms with van der Waals surface area (Å²) in [5.41, 5.74) is 5.66. The van der Waals surface area contributed by atoms with E-state index in [1.54, 1.807) is 12.3 Å². The molecule has 0 saturated heterocycles. The fourth-order valence-electron chi connectivity index (χ4n) is 1.89. The van der Waals surface area contributed by atoms with E-state index in [1.807, 2.05) is 0 Å². The van der Waals surface area contributed by atoms with E-state index in [0.717, 1.165) is 13.0 Å². The number of aliphatic hydroxyl groups is 1. The van der Waals surface area contributed by atoms with Crippen LogP contribution >= 0.6 is 0 Å². The number of aromatic nitrogens is 2. The molecule has 0 atom stereocenters. The van der Waals surface area contributed by atoms with E-state index < -0.39 is 0 Å². The summed E-state index contributed by atoms with van der Waals surface area (Å²) in [5.74, 6) is 1.19. The Bertz CT molecular complexity index is 341. The molecule has 2 rings (SSSR count). The van der Waals surface area contributed by atoms with Gasteiger partial charge in [-0.1, -0.05) is 0 Å². The minimum atomic E-state index is 0.200. The van der Waals surface area contributed by atoms with E-state index in [1.165, 1.54) is 19.3 Å². The average Bonchev–Trinajstić information content (AvgIpc) is 2.21. The molecular formula is C11H18N4O. The van der Waals surface area contributed by atoms with Crippen molar-refractivity contribution < 1.29 is 5.11 Å². The van der Waals surface area contributed by atoms with Crippen molar-refractivity contribution in [2.75, 3.05) is 23.8 Å². The Labute approximate surface area is 95.3 Å². The minimum Gasteiger partial charge on any atom is -0.396 e. The van der Waals surface area contributed by atoms with Crippen LogP contribution < -0.4 is 10.6 Å². The zero-order valence-electron chi connectivity index (χ0n) is 9.34. The Hall–Kier alpha value is -1.36. The highest BCUT2D eigenvalue weighted by Crippen LogP contribution is 2.27. The molecule has 0 bridgehead atoms. The first kappa shape index (κ1) is 11.1. The molecule has 5 heteroatoms. The van der Waals surface area contributed by atoms with E-state index >= 15 is 0 Å². The van der Waals surface area contributed by atoms with Crippen molar-refractivity contribution in [3.63, 3.8) is 0 Å². The third-order valence-corrected chi connectivity index (χ3v) is 2.99. The lowest BCUT2D eigenvalue weighted by molar-refractivity contribution is 0.282. The van der Waals surface area contributed by atoms with Crippen LogP contribution in [0.25, 0.3) is 0 Å². The van der Waals surface area contributed by atoms with Crippen LogP contribution in [0.4, 0.5) is 11.8 Å². The first-order valence-electron chi connectivity index (χ1n) is 5.77. The molecular weight excluding hydrogens is 204 g/mol. The van der Waals surface area contributed by atoms with Gasteiger partial charge in [-0.25, -0.2) is 4.98 Å². The van der Waals surface area contributed by atoms with E-state index in [-0.39, 0.29) is 6.61 Å². The number of nitrogens with two attached hydrogens (primary N) is 1. The molecule has 0 radical (unpaired) electrons. The topological polar surface area (TPSA) is 75.3 Å². The van der Waals surface area contributed by atoms with E-state index in [0.29, 0.717) is 17.8 Å². The molecule has 1 aliphatic carbocycles. The van der Waals surface area contributed by atoms with Crippen LogP contribution in [0.5, 0.6) is 0 Å². The van der Waals surface area contributed by atoms with Crippen LogP contribution in [0.2, 0.25) is 0 Å². The molecule has 5 nitrogen and oxygen atoms in total. The maximum absolute atomic E-state index is 8.90. The first-order chi connectivity index (χ1) is 7.81. The molecule has 0 unspecified atom stereocenters. The Morgan fingerprint density at radius 3 is 2.88 bits per heavy atom. The maximum atomic E-state index is 8.90. The molecule has 1 fully saturated rings. The Balaban J connectivity index is 2.10. The first-order valence-corrected chi connectivity index (χ1v) is 5.77. The van der Waals surface area contributed by atoms with Crippen molar-refractivity contribution >= 4 is 11.8 Å². The third kappa shape index (κ3) is 2.41. The van der Waals surface area contributed by atoms with Gasteiger partial charge in [0.1, 0.15) is 5.82 Å². The SMILES string of the molecule is Nc1ccnc(N(CCCO)C2CCC2)n1. The molecule has 1 aromatic rings. The van der Waals surface area contributed by atoms with Gasteiger partial charge in [0.05, 0.1) is 0 Å². The van der Waals surface area contributed by atoms with Crippen molar-refractivity contribution in [2.45, 2.75) is 31.7 Å². The molecule has 1 heterocycles. The summed E-state index contributed by atoms with van der Waals surface area (Å²) >= 11 is 0. The van der Waals surface area contributed by atoms with Crippen LogP contribution in [-0.2, 0) is 0 Å². The predicted molar refractivity (Wildman–Crippen MR) is 63.1 cm³/mol. The van der Waals surface area contributed by atoms with E-state index in [2.05, 4.69) is 14.9 Å². The highest BCUT2D eigenvalue weighted by Gasteiger charge is 2.26. The summed E-state index contributed by atoms with van der Waals surface area (Å²) in [7, 11) is 0. The van der Waals surface area contributed by atoms with Crippen molar-refractivity contribution in [1.29, 1.82) is 0 Å². The summed E-state index contributed by atoms with van der Waals surface area (Å²) in [6.07, 6.45) is 6.06. The lowest BCUT2D eigenvalue weighted by atomic mass is 9.91. The summed E-state index contributed by atoms with van der Waals surface area (Å²) in [6, 6.07) is 2.21. The van der Waals surface area contributed by atoms with E-state index in [4.69, 9.17) is 10.8 Å². The van der Waals surface area contributed by atoms with Gasteiger partial charge >= 0.3 is 0 Å². The number of hydrogen-bond acceptors (Lipinski definition) is 5. The molecule has 3 N–H and O–H groups in total. The molecule has 1 aliphatic rings. The van der Waals surface area contributed by atoms with Gasteiger partial charge in [0.15, 0.2) is 0 Å². The Kier molecular flexibility index (Phi) is 3.56. The lowest BCUT2D eigenvalue weighted by Crippen LogP contribution is -2.42. The summed E-state index contributed by atoms with van der Waals surface area (Å²) < 4.78 is 0. The fourth-order valence-corrected chi connectivity index (χ4v) is 1.89. The standard InChI is InChI=1S/C11H18N4O/c12-10-5-6-13-11(14-10)15(7-2-8-16)9-3-1-4-9/h5-6,9,16H,1-4,7-8H2,(H2,12,13,14). The van der Waals surface area contributed by atoms with Crippen molar-refractivity contribution in [3.05, 3.63) is 12.3 Å². The molecule has 0 spiro atoms. The number of hydrogen-bond donors (Lipinski definition) is 2. The fraction of sp³-hybridized carbons (Fsp3) is 0.636. The molecule has 0 aromatic carbocycles. The predicted octanol–water partition coefficient (Wildman–Crippen LogP) is 0.800. The average molecular weight is 222 g/mol. The molecule has 0 amide bonds. The van der Waals surface area contributed by atoms with Crippen molar-refractivity contribution in [2.24, 2.45) is 0 Å². The minimum absolute atomic E-state index is 0.200. The van der Waals surface area contributed by atoms with Gasteiger partial charge in [-0.2, -0.15) is 4.98 Å². The van der Waals surface area contributed by atoms with Crippen LogP contribution in [0, 0.1) is 0 Å². The molecule has 1 aromatic heterocycles. The number of rotatable bonds is 5. The van der Waals surface area contributed by atoms with Crippen LogP contribution in [0.15, 0.2) is 12.3 Å². The lowest BCUT2D eigenvalue weighted by Gasteiger charge is -2.37. The van der Waals surface area contributed by atoms with Gasteiger partial charge in [-0.05, 0) is 31.7 Å². The molecule has 88 valence electrons. The summed E-state index contributed by atoms with van der Waals surface area (Å²) in [4.78, 5) is 10.7. The number of nitrogen functional groups attached to an aromatic ring is 1. The largest absolute Gasteiger partial charge is 0.396 e. The second-order valence-electron chi connectivity index (χ2n) is 4.14. The number of aliphatic hydroxyl groups excluding tert-OH is 1. The van der Waals surface area contributed by atoms with Crippen LogP contribution in [-0.4, -0.2) is 34.3 Å². The monoisotopic (exact) mass is 222 g/mol. The van der Waals surface area contributed by atoms with Gasteiger partial charge in [0.25, 0.3) is 0 Å². The number of nitrogens with zero attached hydrogens (tertiary/aromatic N) is 3. The Morgan fingerprint density at radius 1 is 1.50 bits per heavy atom. The quantitative estimate of drug-likeness (QED) is 0.770. The molecule has 16 heavy (non-hydrogen) atoms. The highest BCUT2D eigenvalue weighted by atomic mass is 16.3. The summed E-state index contributed by atoms with van der Waals surface area (Å²) in [5, 5.41) is 8.90. The van der Waals surface area contributed by atoms with Crippen LogP contribution in [0.1, 0.15) is 25.7 Å². The van der Waals surface area contributed by atoms with Gasteiger partial charge in [0, 0.05) is 25.4 Å². The zero-order chi connectivity index (χ0) is 11.4. The second kappa shape index (κ2) is 5.12. The van der Waals surface area contributed by atoms with Crippen molar-refractivity contribution in [1.82, 2.24) is 9.97 Å².